The molecule has 9 heteroatoms. The van der Waals surface area contributed by atoms with Gasteiger partial charge in [-0.2, -0.15) is 0 Å². The molecule has 0 bridgehead atoms. The van der Waals surface area contributed by atoms with Crippen LogP contribution in [0, 0.1) is 5.82 Å². The summed E-state index contributed by atoms with van der Waals surface area (Å²) in [6.07, 6.45) is 0. The molecule has 1 aliphatic rings. The van der Waals surface area contributed by atoms with Crippen molar-refractivity contribution in [3.8, 4) is 0 Å². The highest BCUT2D eigenvalue weighted by Crippen LogP contribution is 2.47. The smallest absolute Gasteiger partial charge is 0.335 e. The summed E-state index contributed by atoms with van der Waals surface area (Å²) in [4.78, 5) is 9.34. The van der Waals surface area contributed by atoms with Gasteiger partial charge in [0.1, 0.15) is 11.5 Å². The molecule has 2 rings (SSSR count). The van der Waals surface area contributed by atoms with Crippen LogP contribution >= 0.6 is 11.8 Å². The molecule has 0 saturated carbocycles. The number of rotatable bonds is 3. The summed E-state index contributed by atoms with van der Waals surface area (Å²) in [7, 11) is -4.30. The van der Waals surface area contributed by atoms with Crippen LogP contribution in [0.4, 0.5) is 4.39 Å². The Morgan fingerprint density at radius 1 is 1.33 bits per heavy atom. The van der Waals surface area contributed by atoms with Crippen molar-refractivity contribution in [2.75, 3.05) is 5.75 Å². The largest absolute Gasteiger partial charge is 0.479 e. The van der Waals surface area contributed by atoms with Crippen molar-refractivity contribution in [2.45, 2.75) is 29.3 Å². The third-order valence-electron chi connectivity index (χ3n) is 3.20. The van der Waals surface area contributed by atoms with Crippen LogP contribution in [-0.2, 0) is 14.8 Å². The standard InChI is InChI=1S/C12H14FNO5S2/c1-11(17)7-20-12(2,10(15)16)14(11)21(18,19)9-5-3-8(13)4-6-9/h3-6,17H,7H2,1-2H3,(H,15,16). The summed E-state index contributed by atoms with van der Waals surface area (Å²) >= 11 is 0.816. The van der Waals surface area contributed by atoms with E-state index >= 15 is 0 Å². The maximum Gasteiger partial charge on any atom is 0.335 e. The predicted octanol–water partition coefficient (Wildman–Crippen LogP) is 1.07. The van der Waals surface area contributed by atoms with Crippen molar-refractivity contribution in [3.05, 3.63) is 30.1 Å². The normalized spacial score (nSPS) is 30.5. The Labute approximate surface area is 125 Å². The van der Waals surface area contributed by atoms with E-state index in [4.69, 9.17) is 0 Å². The number of aliphatic carboxylic acids is 1. The van der Waals surface area contributed by atoms with Gasteiger partial charge in [0.05, 0.1) is 4.90 Å². The lowest BCUT2D eigenvalue weighted by Gasteiger charge is -2.35. The molecule has 2 atom stereocenters. The second-order valence-corrected chi connectivity index (χ2v) is 8.18. The molecule has 6 nitrogen and oxygen atoms in total. The molecule has 2 N–H and O–H groups in total. The minimum atomic E-state index is -4.30. The number of halogens is 1. The van der Waals surface area contributed by atoms with Gasteiger partial charge in [-0.3, -0.25) is 0 Å². The zero-order chi connectivity index (χ0) is 16.1. The monoisotopic (exact) mass is 335 g/mol. The third-order valence-corrected chi connectivity index (χ3v) is 7.03. The Morgan fingerprint density at radius 3 is 2.33 bits per heavy atom. The minimum absolute atomic E-state index is 0.0871. The molecule has 116 valence electrons. The van der Waals surface area contributed by atoms with E-state index in [1.165, 1.54) is 13.8 Å². The van der Waals surface area contributed by atoms with Crippen LogP contribution in [0.2, 0.25) is 0 Å². The van der Waals surface area contributed by atoms with Crippen molar-refractivity contribution in [2.24, 2.45) is 0 Å². The second kappa shape index (κ2) is 4.94. The van der Waals surface area contributed by atoms with Gasteiger partial charge in [0.25, 0.3) is 0 Å². The zero-order valence-corrected chi connectivity index (χ0v) is 12.9. The maximum atomic E-state index is 12.9. The fourth-order valence-corrected chi connectivity index (χ4v) is 5.67. The molecular formula is C12H14FNO5S2. The molecule has 1 fully saturated rings. The second-order valence-electron chi connectivity index (χ2n) is 5.02. The van der Waals surface area contributed by atoms with Gasteiger partial charge in [0, 0.05) is 5.75 Å². The van der Waals surface area contributed by atoms with E-state index in [1.807, 2.05) is 0 Å². The van der Waals surface area contributed by atoms with Gasteiger partial charge in [-0.15, -0.1) is 16.1 Å². The predicted molar refractivity (Wildman–Crippen MR) is 74.5 cm³/mol. The van der Waals surface area contributed by atoms with E-state index in [1.54, 1.807) is 0 Å². The minimum Gasteiger partial charge on any atom is -0.479 e. The number of carboxylic acid groups (broad SMARTS) is 1. The Bertz CT molecular complexity index is 673. The summed E-state index contributed by atoms with van der Waals surface area (Å²) in [6, 6.07) is 3.99. The Balaban J connectivity index is 2.60. The molecule has 0 spiro atoms. The van der Waals surface area contributed by atoms with Crippen LogP contribution in [-0.4, -0.2) is 45.3 Å². The van der Waals surface area contributed by atoms with Gasteiger partial charge in [-0.25, -0.2) is 17.6 Å². The van der Waals surface area contributed by atoms with E-state index < -0.39 is 32.4 Å². The molecule has 1 heterocycles. The first kappa shape index (κ1) is 16.2. The number of hydrogen-bond acceptors (Lipinski definition) is 5. The Morgan fingerprint density at radius 2 is 1.86 bits per heavy atom. The number of carboxylic acids is 1. The molecule has 1 aromatic rings. The molecular weight excluding hydrogens is 321 g/mol. The summed E-state index contributed by atoms with van der Waals surface area (Å²) in [5.74, 6) is -2.08. The zero-order valence-electron chi connectivity index (χ0n) is 11.3. The lowest BCUT2D eigenvalue weighted by Crippen LogP contribution is -2.57. The van der Waals surface area contributed by atoms with Crippen molar-refractivity contribution in [1.82, 2.24) is 4.31 Å². The van der Waals surface area contributed by atoms with Gasteiger partial charge in [0.15, 0.2) is 4.87 Å². The summed E-state index contributed by atoms with van der Waals surface area (Å²) in [5.41, 5.74) is -1.86. The SMILES string of the molecule is CC1(O)CSC(C)(C(=O)O)N1S(=O)(=O)c1ccc(F)cc1. The van der Waals surface area contributed by atoms with Gasteiger partial charge in [-0.1, -0.05) is 0 Å². The van der Waals surface area contributed by atoms with E-state index in [2.05, 4.69) is 0 Å². The van der Waals surface area contributed by atoms with Crippen molar-refractivity contribution >= 4 is 27.8 Å². The van der Waals surface area contributed by atoms with Gasteiger partial charge in [0.2, 0.25) is 10.0 Å². The molecule has 0 aromatic heterocycles. The number of thioether (sulfide) groups is 1. The third kappa shape index (κ3) is 2.54. The number of carbonyl (C=O) groups is 1. The molecule has 1 saturated heterocycles. The number of sulfonamides is 1. The maximum absolute atomic E-state index is 12.9. The van der Waals surface area contributed by atoms with E-state index in [0.29, 0.717) is 4.31 Å². The number of benzene rings is 1. The quantitative estimate of drug-likeness (QED) is 0.858. The summed E-state index contributed by atoms with van der Waals surface area (Å²) < 4.78 is 38.8. The molecule has 2 unspecified atom stereocenters. The lowest BCUT2D eigenvalue weighted by atomic mass is 10.2. The number of hydrogen-bond donors (Lipinski definition) is 2. The van der Waals surface area contributed by atoms with Crippen molar-refractivity contribution in [3.63, 3.8) is 0 Å². The van der Waals surface area contributed by atoms with Gasteiger partial charge in [-0.05, 0) is 38.1 Å². The molecule has 0 amide bonds. The molecule has 1 aliphatic heterocycles. The van der Waals surface area contributed by atoms with Crippen LogP contribution in [0.5, 0.6) is 0 Å². The fourth-order valence-electron chi connectivity index (χ4n) is 2.20. The van der Waals surface area contributed by atoms with Crippen LogP contribution in [0.15, 0.2) is 29.2 Å². The average Bonchev–Trinajstić information content (AvgIpc) is 2.62. The molecule has 0 radical (unpaired) electrons. The first-order valence-corrected chi connectivity index (χ1v) is 8.35. The fraction of sp³-hybridized carbons (Fsp3) is 0.417. The van der Waals surface area contributed by atoms with Crippen molar-refractivity contribution in [1.29, 1.82) is 0 Å². The molecule has 21 heavy (non-hydrogen) atoms. The number of aliphatic hydroxyl groups is 1. The Hall–Kier alpha value is -1.16. The highest BCUT2D eigenvalue weighted by atomic mass is 32.2. The first-order valence-electron chi connectivity index (χ1n) is 5.93. The summed E-state index contributed by atoms with van der Waals surface area (Å²) in [6.45, 7) is 2.44. The number of nitrogens with zero attached hydrogens (tertiary/aromatic N) is 1. The van der Waals surface area contributed by atoms with E-state index in [-0.39, 0.29) is 10.6 Å². The van der Waals surface area contributed by atoms with Crippen LogP contribution in [0.3, 0.4) is 0 Å². The highest BCUT2D eigenvalue weighted by molar-refractivity contribution is 8.02. The van der Waals surface area contributed by atoms with Crippen LogP contribution < -0.4 is 0 Å². The average molecular weight is 335 g/mol. The van der Waals surface area contributed by atoms with Crippen molar-refractivity contribution < 1.29 is 27.8 Å². The van der Waals surface area contributed by atoms with Gasteiger partial charge < -0.3 is 10.2 Å². The topological polar surface area (TPSA) is 94.9 Å². The van der Waals surface area contributed by atoms with E-state index in [0.717, 1.165) is 36.0 Å². The summed E-state index contributed by atoms with van der Waals surface area (Å²) in [5, 5.41) is 19.6. The highest BCUT2D eigenvalue weighted by Gasteiger charge is 2.60. The first-order chi connectivity index (χ1) is 9.52. The molecule has 0 aliphatic carbocycles. The lowest BCUT2D eigenvalue weighted by molar-refractivity contribution is -0.147. The van der Waals surface area contributed by atoms with Gasteiger partial charge >= 0.3 is 5.97 Å². The van der Waals surface area contributed by atoms with Crippen LogP contribution in [0.25, 0.3) is 0 Å². The van der Waals surface area contributed by atoms with Crippen LogP contribution in [0.1, 0.15) is 13.8 Å². The Kier molecular flexibility index (Phi) is 3.81. The van der Waals surface area contributed by atoms with E-state index in [9.17, 15) is 27.8 Å². The molecule has 1 aromatic carbocycles.